The molecule has 1 saturated carbocycles. The van der Waals surface area contributed by atoms with Crippen molar-refractivity contribution in [2.75, 3.05) is 13.7 Å². The quantitative estimate of drug-likeness (QED) is 0.878. The molecular weight excluding hydrogens is 228 g/mol. The smallest absolute Gasteiger partial charge is 0.150 e. The highest BCUT2D eigenvalue weighted by Crippen LogP contribution is 2.38. The lowest BCUT2D eigenvalue weighted by atomic mass is 9.77. The Labute approximate surface area is 108 Å². The minimum atomic E-state index is 0.0381. The number of hydrogen-bond donors (Lipinski definition) is 1. The molecule has 0 radical (unpaired) electrons. The summed E-state index contributed by atoms with van der Waals surface area (Å²) in [7, 11) is 1.82. The summed E-state index contributed by atoms with van der Waals surface area (Å²) in [6.45, 7) is 4.18. The van der Waals surface area contributed by atoms with E-state index in [1.165, 1.54) is 6.42 Å². The number of nitrogens with zero attached hydrogens (tertiary/aromatic N) is 3. The van der Waals surface area contributed by atoms with Crippen molar-refractivity contribution >= 4 is 0 Å². The fraction of sp³-hybridized carbons (Fsp3) is 0.846. The average Bonchev–Trinajstić information content (AvgIpc) is 2.76. The number of rotatable bonds is 4. The molecule has 2 heterocycles. The third-order valence-corrected chi connectivity index (χ3v) is 4.48. The Bertz CT molecular complexity index is 419. The molecule has 1 aliphatic carbocycles. The van der Waals surface area contributed by atoms with E-state index in [0.717, 1.165) is 50.4 Å². The van der Waals surface area contributed by atoms with Crippen LogP contribution in [0.25, 0.3) is 0 Å². The van der Waals surface area contributed by atoms with Crippen molar-refractivity contribution < 1.29 is 4.74 Å². The Morgan fingerprint density at radius 1 is 1.44 bits per heavy atom. The van der Waals surface area contributed by atoms with Gasteiger partial charge in [-0.2, -0.15) is 0 Å². The molecule has 1 fully saturated rings. The molecule has 0 bridgehead atoms. The zero-order chi connectivity index (χ0) is 12.6. The maximum atomic E-state index is 5.69. The van der Waals surface area contributed by atoms with E-state index in [1.54, 1.807) is 0 Å². The van der Waals surface area contributed by atoms with Gasteiger partial charge in [0.2, 0.25) is 0 Å². The topological polar surface area (TPSA) is 52.0 Å². The Morgan fingerprint density at radius 2 is 2.28 bits per heavy atom. The van der Waals surface area contributed by atoms with Gasteiger partial charge in [-0.3, -0.25) is 0 Å². The highest BCUT2D eigenvalue weighted by Gasteiger charge is 2.39. The second kappa shape index (κ2) is 4.63. The lowest BCUT2D eigenvalue weighted by molar-refractivity contribution is -0.0727. The molecule has 1 aliphatic heterocycles. The van der Waals surface area contributed by atoms with Crippen molar-refractivity contribution in [3.8, 4) is 0 Å². The van der Waals surface area contributed by atoms with Crippen LogP contribution in [0.15, 0.2) is 0 Å². The van der Waals surface area contributed by atoms with Crippen LogP contribution in [0.2, 0.25) is 0 Å². The first kappa shape index (κ1) is 12.1. The van der Waals surface area contributed by atoms with E-state index in [0.29, 0.717) is 6.04 Å². The molecular formula is C13H22N4O. The first-order valence-electron chi connectivity index (χ1n) is 6.98. The SMILES string of the molecule is CCC1NCCn2c(CC3(OC)CCC3)nnc21. The summed E-state index contributed by atoms with van der Waals surface area (Å²) in [4.78, 5) is 0. The van der Waals surface area contributed by atoms with Gasteiger partial charge in [0, 0.05) is 26.6 Å². The standard InChI is InChI=1S/C13H22N4O/c1-3-10-12-16-15-11(17(12)8-7-14-10)9-13(18-2)5-4-6-13/h10,14H,3-9H2,1-2H3. The molecule has 1 atom stereocenters. The van der Waals surface area contributed by atoms with Crippen molar-refractivity contribution in [3.63, 3.8) is 0 Å². The molecule has 1 unspecified atom stereocenters. The highest BCUT2D eigenvalue weighted by molar-refractivity contribution is 5.08. The molecule has 1 aromatic heterocycles. The van der Waals surface area contributed by atoms with Gasteiger partial charge in [0.05, 0.1) is 11.6 Å². The normalized spacial score (nSPS) is 25.6. The van der Waals surface area contributed by atoms with Gasteiger partial charge in [0.1, 0.15) is 11.6 Å². The average molecular weight is 250 g/mol. The Balaban J connectivity index is 1.83. The molecule has 100 valence electrons. The van der Waals surface area contributed by atoms with Crippen LogP contribution in [-0.4, -0.2) is 34.0 Å². The van der Waals surface area contributed by atoms with Crippen molar-refractivity contribution in [3.05, 3.63) is 11.6 Å². The minimum absolute atomic E-state index is 0.0381. The number of nitrogens with one attached hydrogen (secondary N) is 1. The van der Waals surface area contributed by atoms with Crippen LogP contribution in [0.1, 0.15) is 50.3 Å². The molecule has 1 aromatic rings. The predicted molar refractivity (Wildman–Crippen MR) is 68.4 cm³/mol. The molecule has 0 spiro atoms. The first-order chi connectivity index (χ1) is 8.78. The second-order valence-corrected chi connectivity index (χ2v) is 5.46. The van der Waals surface area contributed by atoms with E-state index in [9.17, 15) is 0 Å². The van der Waals surface area contributed by atoms with Gasteiger partial charge in [0.15, 0.2) is 0 Å². The van der Waals surface area contributed by atoms with Gasteiger partial charge < -0.3 is 14.6 Å². The number of methoxy groups -OCH3 is 1. The summed E-state index contributed by atoms with van der Waals surface area (Å²) < 4.78 is 7.99. The van der Waals surface area contributed by atoms with Gasteiger partial charge in [-0.25, -0.2) is 0 Å². The summed E-state index contributed by atoms with van der Waals surface area (Å²) >= 11 is 0. The zero-order valence-corrected chi connectivity index (χ0v) is 11.3. The van der Waals surface area contributed by atoms with Crippen LogP contribution in [0.5, 0.6) is 0 Å². The molecule has 5 nitrogen and oxygen atoms in total. The van der Waals surface area contributed by atoms with Gasteiger partial charge in [-0.15, -0.1) is 10.2 Å². The van der Waals surface area contributed by atoms with Gasteiger partial charge in [-0.1, -0.05) is 6.92 Å². The van der Waals surface area contributed by atoms with Crippen molar-refractivity contribution in [2.24, 2.45) is 0 Å². The van der Waals surface area contributed by atoms with E-state index >= 15 is 0 Å². The van der Waals surface area contributed by atoms with Gasteiger partial charge >= 0.3 is 0 Å². The molecule has 0 saturated heterocycles. The van der Waals surface area contributed by atoms with E-state index in [2.05, 4.69) is 27.0 Å². The monoisotopic (exact) mass is 250 g/mol. The number of aromatic nitrogens is 3. The first-order valence-corrected chi connectivity index (χ1v) is 6.98. The van der Waals surface area contributed by atoms with Gasteiger partial charge in [0.25, 0.3) is 0 Å². The number of fused-ring (bicyclic) bond motifs is 1. The Morgan fingerprint density at radius 3 is 2.89 bits per heavy atom. The number of hydrogen-bond acceptors (Lipinski definition) is 4. The van der Waals surface area contributed by atoms with Gasteiger partial charge in [-0.05, 0) is 25.7 Å². The highest BCUT2D eigenvalue weighted by atomic mass is 16.5. The predicted octanol–water partition coefficient (Wildman–Crippen LogP) is 1.44. The zero-order valence-electron chi connectivity index (χ0n) is 11.3. The Kier molecular flexibility index (Phi) is 3.11. The third-order valence-electron chi connectivity index (χ3n) is 4.48. The fourth-order valence-corrected chi connectivity index (χ4v) is 3.06. The minimum Gasteiger partial charge on any atom is -0.378 e. The molecule has 1 N–H and O–H groups in total. The molecule has 0 amide bonds. The Hall–Kier alpha value is -0.940. The van der Waals surface area contributed by atoms with Crippen LogP contribution in [0.4, 0.5) is 0 Å². The van der Waals surface area contributed by atoms with Crippen LogP contribution >= 0.6 is 0 Å². The molecule has 3 rings (SSSR count). The largest absolute Gasteiger partial charge is 0.378 e. The lowest BCUT2D eigenvalue weighted by Crippen LogP contribution is -2.42. The van der Waals surface area contributed by atoms with E-state index in [1.807, 2.05) is 7.11 Å². The summed E-state index contributed by atoms with van der Waals surface area (Å²) in [5, 5.41) is 12.3. The molecule has 18 heavy (non-hydrogen) atoms. The fourth-order valence-electron chi connectivity index (χ4n) is 3.06. The van der Waals surface area contributed by atoms with Crippen LogP contribution < -0.4 is 5.32 Å². The lowest BCUT2D eigenvalue weighted by Gasteiger charge is -2.40. The number of ether oxygens (including phenoxy) is 1. The maximum Gasteiger partial charge on any atom is 0.150 e. The van der Waals surface area contributed by atoms with Crippen LogP contribution in [-0.2, 0) is 17.7 Å². The van der Waals surface area contributed by atoms with Crippen molar-refractivity contribution in [1.29, 1.82) is 0 Å². The van der Waals surface area contributed by atoms with Crippen LogP contribution in [0.3, 0.4) is 0 Å². The summed E-state index contributed by atoms with van der Waals surface area (Å²) in [6, 6.07) is 0.361. The molecule has 2 aliphatic rings. The van der Waals surface area contributed by atoms with E-state index < -0.39 is 0 Å². The summed E-state index contributed by atoms with van der Waals surface area (Å²) in [5.41, 5.74) is 0.0381. The molecule has 0 aromatic carbocycles. The van der Waals surface area contributed by atoms with Crippen molar-refractivity contribution in [1.82, 2.24) is 20.1 Å². The van der Waals surface area contributed by atoms with Crippen LogP contribution in [0, 0.1) is 0 Å². The third kappa shape index (κ3) is 1.86. The molecule has 5 heteroatoms. The van der Waals surface area contributed by atoms with E-state index in [-0.39, 0.29) is 5.60 Å². The maximum absolute atomic E-state index is 5.69. The summed E-state index contributed by atoms with van der Waals surface area (Å²) in [6.07, 6.45) is 5.55. The second-order valence-electron chi connectivity index (χ2n) is 5.46. The summed E-state index contributed by atoms with van der Waals surface area (Å²) in [5.74, 6) is 2.20. The van der Waals surface area contributed by atoms with E-state index in [4.69, 9.17) is 4.74 Å². The van der Waals surface area contributed by atoms with Crippen molar-refractivity contribution in [2.45, 2.75) is 57.2 Å².